The predicted octanol–water partition coefficient (Wildman–Crippen LogP) is 3.54. The summed E-state index contributed by atoms with van der Waals surface area (Å²) in [5, 5.41) is 14.8. The predicted molar refractivity (Wildman–Crippen MR) is 120 cm³/mol. The monoisotopic (exact) mass is 460 g/mol. The molecule has 7 nitrogen and oxygen atoms in total. The maximum absolute atomic E-state index is 14.3. The highest BCUT2D eigenvalue weighted by atomic mass is 19.3. The lowest BCUT2D eigenvalue weighted by atomic mass is 9.89. The van der Waals surface area contributed by atoms with Crippen molar-refractivity contribution >= 4 is 12.0 Å². The van der Waals surface area contributed by atoms with Gasteiger partial charge in [0.2, 0.25) is 0 Å². The first-order chi connectivity index (χ1) is 15.8. The van der Waals surface area contributed by atoms with Crippen LogP contribution < -0.4 is 10.6 Å². The molecule has 2 aromatic rings. The molecular weight excluding hydrogens is 430 g/mol. The van der Waals surface area contributed by atoms with Gasteiger partial charge in [0.25, 0.3) is 11.8 Å². The van der Waals surface area contributed by atoms with Gasteiger partial charge in [0.05, 0.1) is 6.54 Å². The van der Waals surface area contributed by atoms with Crippen LogP contribution in [0.25, 0.3) is 0 Å². The van der Waals surface area contributed by atoms with E-state index in [0.29, 0.717) is 38.0 Å². The first kappa shape index (κ1) is 24.6. The molecule has 2 amide bonds. The van der Waals surface area contributed by atoms with E-state index >= 15 is 0 Å². The number of hydrogen-bond acceptors (Lipinski definition) is 4. The molecule has 1 unspecified atom stereocenters. The Morgan fingerprint density at radius 2 is 1.97 bits per heavy atom. The number of pyridine rings is 1. The molecule has 1 saturated heterocycles. The van der Waals surface area contributed by atoms with E-state index in [1.54, 1.807) is 13.1 Å². The minimum atomic E-state index is -3.00. The van der Waals surface area contributed by atoms with Gasteiger partial charge in [-0.15, -0.1) is 0 Å². The van der Waals surface area contributed by atoms with Crippen molar-refractivity contribution in [1.82, 2.24) is 20.5 Å². The number of likely N-dealkylation sites (tertiary alicyclic amines) is 1. The van der Waals surface area contributed by atoms with Gasteiger partial charge in [0.1, 0.15) is 5.69 Å². The molecular formula is C24H30F2N4O3. The number of nitrogens with one attached hydrogen (secondary N) is 2. The number of rotatable bonds is 9. The van der Waals surface area contributed by atoms with Crippen LogP contribution in [-0.4, -0.2) is 59.6 Å². The molecule has 9 heteroatoms. The second-order valence-corrected chi connectivity index (χ2v) is 8.36. The standard InChI is InChI=1S/C24H30F2N4O3/c1-27-22(31)21-14-18(13-20(29-21)12-17-6-3-2-4-7-17)15-28-10-5-8-19-9-11-30(23(32)33)16-24(19,25)26/h2-4,6-7,13-14,19,28H,5,8-12,15-16H2,1H3,(H,27,31)(H,32,33). The van der Waals surface area contributed by atoms with Gasteiger partial charge in [-0.1, -0.05) is 30.3 Å². The minimum absolute atomic E-state index is 0.145. The Morgan fingerprint density at radius 1 is 1.21 bits per heavy atom. The minimum Gasteiger partial charge on any atom is -0.465 e. The van der Waals surface area contributed by atoms with Crippen molar-refractivity contribution in [3.8, 4) is 0 Å². The Balaban J connectivity index is 1.53. The van der Waals surface area contributed by atoms with Crippen LogP contribution in [0.5, 0.6) is 0 Å². The van der Waals surface area contributed by atoms with Gasteiger partial charge in [-0.3, -0.25) is 4.79 Å². The van der Waals surface area contributed by atoms with E-state index in [1.165, 1.54) is 0 Å². The average molecular weight is 461 g/mol. The summed E-state index contributed by atoms with van der Waals surface area (Å²) in [6.45, 7) is 0.444. The molecule has 0 aliphatic carbocycles. The van der Waals surface area contributed by atoms with E-state index in [1.807, 2.05) is 36.4 Å². The molecule has 1 atom stereocenters. The maximum atomic E-state index is 14.3. The maximum Gasteiger partial charge on any atom is 0.407 e. The Morgan fingerprint density at radius 3 is 2.64 bits per heavy atom. The van der Waals surface area contributed by atoms with Crippen LogP contribution in [0, 0.1) is 5.92 Å². The molecule has 0 radical (unpaired) electrons. The molecule has 1 fully saturated rings. The van der Waals surface area contributed by atoms with E-state index in [9.17, 15) is 18.4 Å². The Hall–Kier alpha value is -3.07. The molecule has 2 heterocycles. The first-order valence-corrected chi connectivity index (χ1v) is 11.1. The molecule has 1 aromatic heterocycles. The fourth-order valence-electron chi connectivity index (χ4n) is 4.10. The Bertz CT molecular complexity index is 956. The topological polar surface area (TPSA) is 94.6 Å². The lowest BCUT2D eigenvalue weighted by Gasteiger charge is -2.37. The van der Waals surface area contributed by atoms with E-state index in [2.05, 4.69) is 15.6 Å². The van der Waals surface area contributed by atoms with Gasteiger partial charge in [0, 0.05) is 38.2 Å². The fraction of sp³-hybridized carbons (Fsp3) is 0.458. The molecule has 0 bridgehead atoms. The second kappa shape index (κ2) is 11.2. The summed E-state index contributed by atoms with van der Waals surface area (Å²) in [6, 6.07) is 13.5. The van der Waals surface area contributed by atoms with Crippen molar-refractivity contribution in [2.24, 2.45) is 5.92 Å². The number of halogens is 2. The van der Waals surface area contributed by atoms with Crippen LogP contribution >= 0.6 is 0 Å². The average Bonchev–Trinajstić information content (AvgIpc) is 2.79. The van der Waals surface area contributed by atoms with Crippen LogP contribution in [0.2, 0.25) is 0 Å². The molecule has 1 aromatic carbocycles. The molecule has 0 spiro atoms. The normalized spacial score (nSPS) is 17.5. The highest BCUT2D eigenvalue weighted by molar-refractivity contribution is 5.92. The third kappa shape index (κ3) is 6.95. The van der Waals surface area contributed by atoms with Crippen LogP contribution in [-0.2, 0) is 13.0 Å². The largest absolute Gasteiger partial charge is 0.465 e. The molecule has 1 aliphatic heterocycles. The zero-order chi connectivity index (χ0) is 23.8. The van der Waals surface area contributed by atoms with E-state index in [-0.39, 0.29) is 18.9 Å². The van der Waals surface area contributed by atoms with Crippen LogP contribution in [0.15, 0.2) is 42.5 Å². The van der Waals surface area contributed by atoms with Gasteiger partial charge in [0.15, 0.2) is 0 Å². The quantitative estimate of drug-likeness (QED) is 0.498. The Kier molecular flexibility index (Phi) is 8.32. The van der Waals surface area contributed by atoms with Crippen LogP contribution in [0.3, 0.4) is 0 Å². The highest BCUT2D eigenvalue weighted by Crippen LogP contribution is 2.35. The number of piperidine rings is 1. The van der Waals surface area contributed by atoms with Gasteiger partial charge in [-0.25, -0.2) is 18.6 Å². The SMILES string of the molecule is CNC(=O)c1cc(CNCCCC2CCN(C(=O)O)CC2(F)F)cc(Cc2ccccc2)n1. The summed E-state index contributed by atoms with van der Waals surface area (Å²) in [5.74, 6) is -4.08. The van der Waals surface area contributed by atoms with Gasteiger partial charge in [-0.05, 0) is 49.1 Å². The smallest absolute Gasteiger partial charge is 0.407 e. The van der Waals surface area contributed by atoms with Gasteiger partial charge < -0.3 is 20.6 Å². The van der Waals surface area contributed by atoms with Crippen molar-refractivity contribution in [2.75, 3.05) is 26.7 Å². The van der Waals surface area contributed by atoms with Crippen LogP contribution in [0.4, 0.5) is 13.6 Å². The van der Waals surface area contributed by atoms with Crippen molar-refractivity contribution < 1.29 is 23.5 Å². The number of carbonyl (C=O) groups excluding carboxylic acids is 1. The number of aromatic nitrogens is 1. The van der Waals surface area contributed by atoms with Crippen molar-refractivity contribution in [3.05, 3.63) is 65.0 Å². The number of alkyl halides is 2. The van der Waals surface area contributed by atoms with E-state index in [4.69, 9.17) is 5.11 Å². The lowest BCUT2D eigenvalue weighted by molar-refractivity contribution is -0.107. The van der Waals surface area contributed by atoms with Crippen molar-refractivity contribution in [1.29, 1.82) is 0 Å². The van der Waals surface area contributed by atoms with E-state index in [0.717, 1.165) is 21.7 Å². The van der Waals surface area contributed by atoms with Crippen molar-refractivity contribution in [3.63, 3.8) is 0 Å². The third-order valence-electron chi connectivity index (χ3n) is 5.88. The number of hydrogen-bond donors (Lipinski definition) is 3. The summed E-state index contributed by atoms with van der Waals surface area (Å²) in [6.07, 6.45) is 0.351. The number of amides is 2. The second-order valence-electron chi connectivity index (χ2n) is 8.36. The molecule has 3 N–H and O–H groups in total. The van der Waals surface area contributed by atoms with Crippen molar-refractivity contribution in [2.45, 2.75) is 38.2 Å². The summed E-state index contributed by atoms with van der Waals surface area (Å²) in [7, 11) is 1.56. The number of nitrogens with zero attached hydrogens (tertiary/aromatic N) is 2. The number of carboxylic acid groups (broad SMARTS) is 1. The molecule has 33 heavy (non-hydrogen) atoms. The highest BCUT2D eigenvalue weighted by Gasteiger charge is 2.45. The molecule has 3 rings (SSSR count). The summed E-state index contributed by atoms with van der Waals surface area (Å²) in [4.78, 5) is 28.3. The molecule has 1 aliphatic rings. The van der Waals surface area contributed by atoms with Crippen LogP contribution in [0.1, 0.15) is 46.6 Å². The number of carbonyl (C=O) groups is 2. The lowest BCUT2D eigenvalue weighted by Crippen LogP contribution is -2.50. The zero-order valence-corrected chi connectivity index (χ0v) is 18.7. The summed E-state index contributed by atoms with van der Waals surface area (Å²) < 4.78 is 28.5. The summed E-state index contributed by atoms with van der Waals surface area (Å²) >= 11 is 0. The zero-order valence-electron chi connectivity index (χ0n) is 18.7. The van der Waals surface area contributed by atoms with E-state index < -0.39 is 24.5 Å². The first-order valence-electron chi connectivity index (χ1n) is 11.1. The number of benzene rings is 1. The third-order valence-corrected chi connectivity index (χ3v) is 5.88. The fourth-order valence-corrected chi connectivity index (χ4v) is 4.10. The van der Waals surface area contributed by atoms with Gasteiger partial charge in [-0.2, -0.15) is 0 Å². The molecule has 0 saturated carbocycles. The molecule has 178 valence electrons. The van der Waals surface area contributed by atoms with Gasteiger partial charge >= 0.3 is 6.09 Å². The summed E-state index contributed by atoms with van der Waals surface area (Å²) in [5.41, 5.74) is 3.11. The Labute approximate surface area is 192 Å².